The highest BCUT2D eigenvalue weighted by Crippen LogP contribution is 2.38. The summed E-state index contributed by atoms with van der Waals surface area (Å²) in [6.07, 6.45) is 1.56. The van der Waals surface area contributed by atoms with Crippen molar-refractivity contribution in [2.45, 2.75) is 0 Å². The third kappa shape index (κ3) is 5.52. The maximum absolute atomic E-state index is 12.6. The van der Waals surface area contributed by atoms with E-state index in [1.807, 2.05) is 0 Å². The maximum atomic E-state index is 12.6. The normalized spacial score (nSPS) is 14.1. The first-order valence-corrected chi connectivity index (χ1v) is 9.65. The van der Waals surface area contributed by atoms with Gasteiger partial charge in [-0.3, -0.25) is 9.69 Å². The summed E-state index contributed by atoms with van der Waals surface area (Å²) < 4.78 is 26.9. The highest BCUT2D eigenvalue weighted by atomic mass is 16.5. The van der Waals surface area contributed by atoms with E-state index in [9.17, 15) is 4.79 Å². The lowest BCUT2D eigenvalue weighted by molar-refractivity contribution is 0.0320. The molecule has 2 aromatic rings. The molecule has 0 spiro atoms. The number of anilines is 1. The third-order valence-electron chi connectivity index (χ3n) is 4.68. The molecular formula is C21H27N3O6. The van der Waals surface area contributed by atoms with Gasteiger partial charge in [-0.05, 0) is 18.2 Å². The molecule has 1 N–H and O–H groups in total. The van der Waals surface area contributed by atoms with Gasteiger partial charge in [0.25, 0.3) is 5.91 Å². The van der Waals surface area contributed by atoms with E-state index < -0.39 is 0 Å². The number of pyridine rings is 1. The van der Waals surface area contributed by atoms with Gasteiger partial charge in [-0.25, -0.2) is 4.98 Å². The SMILES string of the molecule is COc1cc(C(=O)Nc2ccc(OCCN3CCOCC3)nc2)cc(OC)c1OC. The number of ether oxygens (including phenoxy) is 5. The fraction of sp³-hybridized carbons (Fsp3) is 0.429. The molecule has 3 rings (SSSR count). The second-order valence-corrected chi connectivity index (χ2v) is 6.56. The molecule has 1 saturated heterocycles. The molecule has 1 aromatic carbocycles. The van der Waals surface area contributed by atoms with Crippen LogP contribution in [0.15, 0.2) is 30.5 Å². The predicted molar refractivity (Wildman–Crippen MR) is 111 cm³/mol. The lowest BCUT2D eigenvalue weighted by Crippen LogP contribution is -2.38. The number of carbonyl (C=O) groups is 1. The number of benzene rings is 1. The van der Waals surface area contributed by atoms with Crippen LogP contribution in [-0.4, -0.2) is 76.6 Å². The van der Waals surface area contributed by atoms with E-state index in [1.165, 1.54) is 21.3 Å². The number of methoxy groups -OCH3 is 3. The van der Waals surface area contributed by atoms with Crippen LogP contribution in [0.4, 0.5) is 5.69 Å². The van der Waals surface area contributed by atoms with Gasteiger partial charge in [0.2, 0.25) is 11.6 Å². The molecule has 1 aliphatic rings. The number of morpholine rings is 1. The van der Waals surface area contributed by atoms with Gasteiger partial charge in [-0.1, -0.05) is 0 Å². The Kier molecular flexibility index (Phi) is 7.69. The van der Waals surface area contributed by atoms with Gasteiger partial charge >= 0.3 is 0 Å². The van der Waals surface area contributed by atoms with Crippen molar-refractivity contribution in [2.24, 2.45) is 0 Å². The molecule has 9 heteroatoms. The van der Waals surface area contributed by atoms with E-state index in [-0.39, 0.29) is 5.91 Å². The first-order valence-electron chi connectivity index (χ1n) is 9.65. The predicted octanol–water partition coefficient (Wildman–Crippen LogP) is 2.07. The van der Waals surface area contributed by atoms with Crippen LogP contribution in [0.3, 0.4) is 0 Å². The summed E-state index contributed by atoms with van der Waals surface area (Å²) in [5.41, 5.74) is 0.921. The van der Waals surface area contributed by atoms with Crippen LogP contribution in [0.25, 0.3) is 0 Å². The van der Waals surface area contributed by atoms with Crippen LogP contribution >= 0.6 is 0 Å². The van der Waals surface area contributed by atoms with Gasteiger partial charge < -0.3 is 29.0 Å². The zero-order chi connectivity index (χ0) is 21.3. The Balaban J connectivity index is 1.57. The molecule has 0 atom stereocenters. The fourth-order valence-electron chi connectivity index (χ4n) is 3.06. The molecule has 0 bridgehead atoms. The fourth-order valence-corrected chi connectivity index (χ4v) is 3.06. The smallest absolute Gasteiger partial charge is 0.255 e. The number of rotatable bonds is 9. The molecule has 1 fully saturated rings. The van der Waals surface area contributed by atoms with Crippen LogP contribution in [0.5, 0.6) is 23.1 Å². The van der Waals surface area contributed by atoms with E-state index in [0.29, 0.717) is 41.0 Å². The van der Waals surface area contributed by atoms with Gasteiger partial charge in [-0.15, -0.1) is 0 Å². The average molecular weight is 417 g/mol. The molecule has 0 radical (unpaired) electrons. The van der Waals surface area contributed by atoms with Crippen LogP contribution in [0, 0.1) is 0 Å². The average Bonchev–Trinajstić information content (AvgIpc) is 2.79. The Morgan fingerprint density at radius 2 is 1.80 bits per heavy atom. The van der Waals surface area contributed by atoms with Gasteiger partial charge in [-0.2, -0.15) is 0 Å². The summed E-state index contributed by atoms with van der Waals surface area (Å²) in [7, 11) is 4.51. The molecule has 0 saturated carbocycles. The van der Waals surface area contributed by atoms with E-state index in [2.05, 4.69) is 15.2 Å². The monoisotopic (exact) mass is 417 g/mol. The maximum Gasteiger partial charge on any atom is 0.255 e. The molecule has 162 valence electrons. The standard InChI is InChI=1S/C21H27N3O6/c1-26-17-12-15(13-18(27-2)20(17)28-3)21(25)23-16-4-5-19(22-14-16)30-11-8-24-6-9-29-10-7-24/h4-5,12-14H,6-11H2,1-3H3,(H,23,25). The highest BCUT2D eigenvalue weighted by Gasteiger charge is 2.17. The number of carbonyl (C=O) groups excluding carboxylic acids is 1. The molecule has 2 heterocycles. The number of nitrogens with zero attached hydrogens (tertiary/aromatic N) is 2. The van der Waals surface area contributed by atoms with Crippen LogP contribution in [0.2, 0.25) is 0 Å². The Morgan fingerprint density at radius 1 is 1.10 bits per heavy atom. The second kappa shape index (κ2) is 10.7. The van der Waals surface area contributed by atoms with Crippen molar-refractivity contribution in [3.63, 3.8) is 0 Å². The van der Waals surface area contributed by atoms with Gasteiger partial charge in [0.1, 0.15) is 6.61 Å². The summed E-state index contributed by atoms with van der Waals surface area (Å²) in [5, 5.41) is 2.80. The van der Waals surface area contributed by atoms with Gasteiger partial charge in [0, 0.05) is 31.3 Å². The van der Waals surface area contributed by atoms with Gasteiger partial charge in [0.15, 0.2) is 11.5 Å². The lowest BCUT2D eigenvalue weighted by atomic mass is 10.1. The molecule has 1 aromatic heterocycles. The first kappa shape index (κ1) is 21.7. The van der Waals surface area contributed by atoms with E-state index in [1.54, 1.807) is 30.5 Å². The topological polar surface area (TPSA) is 91.4 Å². The molecule has 0 aliphatic carbocycles. The highest BCUT2D eigenvalue weighted by molar-refractivity contribution is 6.05. The summed E-state index contributed by atoms with van der Waals surface area (Å²) in [6, 6.07) is 6.65. The molecule has 0 unspecified atom stereocenters. The van der Waals surface area contributed by atoms with Gasteiger partial charge in [0.05, 0.1) is 46.4 Å². The zero-order valence-electron chi connectivity index (χ0n) is 17.5. The minimum atomic E-state index is -0.322. The van der Waals surface area contributed by atoms with E-state index in [0.717, 1.165) is 32.8 Å². The molecule has 1 amide bonds. The summed E-state index contributed by atoms with van der Waals surface area (Å²) in [5.74, 6) is 1.43. The second-order valence-electron chi connectivity index (χ2n) is 6.56. The third-order valence-corrected chi connectivity index (χ3v) is 4.68. The zero-order valence-corrected chi connectivity index (χ0v) is 17.5. The van der Waals surface area contributed by atoms with E-state index in [4.69, 9.17) is 23.7 Å². The quantitative estimate of drug-likeness (QED) is 0.663. The summed E-state index contributed by atoms with van der Waals surface area (Å²) >= 11 is 0. The summed E-state index contributed by atoms with van der Waals surface area (Å²) in [6.45, 7) is 4.73. The Morgan fingerprint density at radius 3 is 2.37 bits per heavy atom. The lowest BCUT2D eigenvalue weighted by Gasteiger charge is -2.26. The Bertz CT molecular complexity index is 812. The summed E-state index contributed by atoms with van der Waals surface area (Å²) in [4.78, 5) is 19.2. The molecule has 9 nitrogen and oxygen atoms in total. The first-order chi connectivity index (χ1) is 14.6. The number of aromatic nitrogens is 1. The Labute approximate surface area is 175 Å². The van der Waals surface area contributed by atoms with E-state index >= 15 is 0 Å². The number of nitrogens with one attached hydrogen (secondary N) is 1. The molecule has 1 aliphatic heterocycles. The largest absolute Gasteiger partial charge is 0.493 e. The van der Waals surface area contributed by atoms with Crippen molar-refractivity contribution in [3.05, 3.63) is 36.0 Å². The number of hydrogen-bond donors (Lipinski definition) is 1. The van der Waals surface area contributed by atoms with Crippen molar-refractivity contribution in [2.75, 3.05) is 66.1 Å². The number of hydrogen-bond acceptors (Lipinski definition) is 8. The van der Waals surface area contributed by atoms with Crippen molar-refractivity contribution in [3.8, 4) is 23.1 Å². The molecular weight excluding hydrogens is 390 g/mol. The van der Waals surface area contributed by atoms with Crippen molar-refractivity contribution < 1.29 is 28.5 Å². The van der Waals surface area contributed by atoms with Crippen LogP contribution in [0.1, 0.15) is 10.4 Å². The van der Waals surface area contributed by atoms with Crippen molar-refractivity contribution in [1.82, 2.24) is 9.88 Å². The van der Waals surface area contributed by atoms with Crippen LogP contribution < -0.4 is 24.3 Å². The molecule has 30 heavy (non-hydrogen) atoms. The number of amides is 1. The minimum Gasteiger partial charge on any atom is -0.493 e. The Hall–Kier alpha value is -3.04. The van der Waals surface area contributed by atoms with Crippen molar-refractivity contribution >= 4 is 11.6 Å². The minimum absolute atomic E-state index is 0.322. The van der Waals surface area contributed by atoms with Crippen molar-refractivity contribution in [1.29, 1.82) is 0 Å². The van der Waals surface area contributed by atoms with Crippen LogP contribution in [-0.2, 0) is 4.74 Å².